The van der Waals surface area contributed by atoms with Gasteiger partial charge in [-0.05, 0) is 50.5 Å². The van der Waals surface area contributed by atoms with E-state index in [0.717, 1.165) is 31.0 Å². The van der Waals surface area contributed by atoms with Crippen LogP contribution < -0.4 is 5.32 Å². The van der Waals surface area contributed by atoms with Crippen LogP contribution in [0.3, 0.4) is 0 Å². The maximum absolute atomic E-state index is 5.56. The Morgan fingerprint density at radius 2 is 2.05 bits per heavy atom. The number of hydrogen-bond donors (Lipinski definition) is 1. The molecule has 2 rings (SSSR count). The molecule has 0 bridgehead atoms. The predicted octanol–water partition coefficient (Wildman–Crippen LogP) is 2.90. The van der Waals surface area contributed by atoms with Gasteiger partial charge >= 0.3 is 0 Å². The van der Waals surface area contributed by atoms with Crippen molar-refractivity contribution in [2.45, 2.75) is 71.1 Å². The zero-order chi connectivity index (χ0) is 14.5. The number of likely N-dealkylation sites (tertiary alicyclic amines) is 1. The Hall–Kier alpha value is -0.120. The first-order valence-corrected chi connectivity index (χ1v) is 8.65. The maximum atomic E-state index is 5.56. The number of nitrogens with zero attached hydrogens (tertiary/aromatic N) is 1. The first-order valence-electron chi connectivity index (χ1n) is 8.65. The van der Waals surface area contributed by atoms with Gasteiger partial charge in [0.2, 0.25) is 0 Å². The molecule has 2 fully saturated rings. The Morgan fingerprint density at radius 3 is 2.65 bits per heavy atom. The van der Waals surface area contributed by atoms with Crippen LogP contribution in [0.15, 0.2) is 0 Å². The third kappa shape index (κ3) is 3.96. The minimum Gasteiger partial charge on any atom is -0.380 e. The van der Waals surface area contributed by atoms with Gasteiger partial charge in [-0.15, -0.1) is 0 Å². The average Bonchev–Trinajstić information content (AvgIpc) is 2.93. The molecule has 3 heteroatoms. The molecule has 0 aromatic carbocycles. The average molecular weight is 282 g/mol. The van der Waals surface area contributed by atoms with Crippen molar-refractivity contribution in [1.82, 2.24) is 10.2 Å². The summed E-state index contributed by atoms with van der Waals surface area (Å²) in [5.41, 5.74) is 0. The minimum atomic E-state index is 0.459. The number of rotatable bonds is 6. The standard InChI is InChI=1S/C17H34N2O/c1-5-9-18-16-7-6-14(13(2)3)11-17(16)19-10-8-15(12-19)20-4/h13-18H,5-12H2,1-4H3. The molecule has 118 valence electrons. The fourth-order valence-corrected chi connectivity index (χ4v) is 4.00. The molecular weight excluding hydrogens is 248 g/mol. The molecule has 0 amide bonds. The highest BCUT2D eigenvalue weighted by Gasteiger charge is 2.37. The minimum absolute atomic E-state index is 0.459. The van der Waals surface area contributed by atoms with Crippen molar-refractivity contribution in [3.05, 3.63) is 0 Å². The predicted molar refractivity (Wildman–Crippen MR) is 85.0 cm³/mol. The molecule has 1 heterocycles. The maximum Gasteiger partial charge on any atom is 0.0710 e. The summed E-state index contributed by atoms with van der Waals surface area (Å²) in [6.07, 6.45) is 7.02. The van der Waals surface area contributed by atoms with Crippen LogP contribution in [0.1, 0.15) is 52.9 Å². The highest BCUT2D eigenvalue weighted by molar-refractivity contribution is 4.94. The summed E-state index contributed by atoms with van der Waals surface area (Å²) in [6.45, 7) is 10.6. The fourth-order valence-electron chi connectivity index (χ4n) is 4.00. The lowest BCUT2D eigenvalue weighted by Gasteiger charge is -2.43. The van der Waals surface area contributed by atoms with Gasteiger partial charge in [0, 0.05) is 32.3 Å². The molecule has 1 N–H and O–H groups in total. The highest BCUT2D eigenvalue weighted by Crippen LogP contribution is 2.34. The SMILES string of the molecule is CCCNC1CCC(C(C)C)CC1N1CCC(OC)C1. The normalized spacial score (nSPS) is 35.9. The molecule has 0 aromatic heterocycles. The van der Waals surface area contributed by atoms with Crippen molar-refractivity contribution in [3.8, 4) is 0 Å². The first-order chi connectivity index (χ1) is 9.65. The van der Waals surface area contributed by atoms with Gasteiger partial charge < -0.3 is 10.1 Å². The van der Waals surface area contributed by atoms with Crippen molar-refractivity contribution in [1.29, 1.82) is 0 Å². The summed E-state index contributed by atoms with van der Waals surface area (Å²) in [7, 11) is 1.86. The van der Waals surface area contributed by atoms with Gasteiger partial charge in [0.25, 0.3) is 0 Å². The molecule has 0 aromatic rings. The molecule has 20 heavy (non-hydrogen) atoms. The van der Waals surface area contributed by atoms with Crippen LogP contribution >= 0.6 is 0 Å². The summed E-state index contributed by atoms with van der Waals surface area (Å²) < 4.78 is 5.56. The molecule has 1 saturated heterocycles. The Bertz CT molecular complexity index is 280. The van der Waals surface area contributed by atoms with Gasteiger partial charge in [-0.1, -0.05) is 20.8 Å². The summed E-state index contributed by atoms with van der Waals surface area (Å²) >= 11 is 0. The van der Waals surface area contributed by atoms with Gasteiger partial charge in [0.15, 0.2) is 0 Å². The highest BCUT2D eigenvalue weighted by atomic mass is 16.5. The van der Waals surface area contributed by atoms with Crippen molar-refractivity contribution < 1.29 is 4.74 Å². The Kier molecular flexibility index (Phi) is 6.31. The van der Waals surface area contributed by atoms with E-state index in [4.69, 9.17) is 4.74 Å². The molecule has 1 saturated carbocycles. The van der Waals surface area contributed by atoms with E-state index in [9.17, 15) is 0 Å². The summed E-state index contributed by atoms with van der Waals surface area (Å²) in [6, 6.07) is 1.42. The fraction of sp³-hybridized carbons (Fsp3) is 1.00. The number of nitrogens with one attached hydrogen (secondary N) is 1. The van der Waals surface area contributed by atoms with E-state index in [1.54, 1.807) is 0 Å². The van der Waals surface area contributed by atoms with Crippen LogP contribution in [-0.2, 0) is 4.74 Å². The topological polar surface area (TPSA) is 24.5 Å². The zero-order valence-corrected chi connectivity index (χ0v) is 13.9. The zero-order valence-electron chi connectivity index (χ0n) is 13.9. The molecule has 4 unspecified atom stereocenters. The van der Waals surface area contributed by atoms with E-state index in [0.29, 0.717) is 12.1 Å². The Labute approximate surface area is 125 Å². The van der Waals surface area contributed by atoms with Crippen LogP contribution in [-0.4, -0.2) is 49.8 Å². The van der Waals surface area contributed by atoms with Gasteiger partial charge in [-0.25, -0.2) is 0 Å². The van der Waals surface area contributed by atoms with E-state index in [-0.39, 0.29) is 0 Å². The van der Waals surface area contributed by atoms with E-state index in [1.165, 1.54) is 38.6 Å². The summed E-state index contributed by atoms with van der Waals surface area (Å²) in [5, 5.41) is 3.81. The second-order valence-electron chi connectivity index (χ2n) is 7.09. The van der Waals surface area contributed by atoms with E-state index in [2.05, 4.69) is 31.0 Å². The van der Waals surface area contributed by atoms with Gasteiger partial charge in [0.05, 0.1) is 6.10 Å². The molecule has 1 aliphatic heterocycles. The third-order valence-electron chi connectivity index (χ3n) is 5.44. The quantitative estimate of drug-likeness (QED) is 0.811. The van der Waals surface area contributed by atoms with Crippen LogP contribution in [0.5, 0.6) is 0 Å². The third-order valence-corrected chi connectivity index (χ3v) is 5.44. The number of ether oxygens (including phenoxy) is 1. The van der Waals surface area contributed by atoms with Gasteiger partial charge in [0.1, 0.15) is 0 Å². The van der Waals surface area contributed by atoms with Crippen LogP contribution in [0, 0.1) is 11.8 Å². The van der Waals surface area contributed by atoms with Gasteiger partial charge in [-0.2, -0.15) is 0 Å². The molecule has 0 spiro atoms. The van der Waals surface area contributed by atoms with Crippen molar-refractivity contribution in [2.24, 2.45) is 11.8 Å². The van der Waals surface area contributed by atoms with Gasteiger partial charge in [-0.3, -0.25) is 4.90 Å². The largest absolute Gasteiger partial charge is 0.380 e. The summed E-state index contributed by atoms with van der Waals surface area (Å²) in [4.78, 5) is 2.70. The lowest BCUT2D eigenvalue weighted by Crippen LogP contribution is -2.53. The lowest BCUT2D eigenvalue weighted by atomic mass is 9.76. The monoisotopic (exact) mass is 282 g/mol. The second kappa shape index (κ2) is 7.77. The molecule has 4 atom stereocenters. The lowest BCUT2D eigenvalue weighted by molar-refractivity contribution is 0.0705. The molecular formula is C17H34N2O. The van der Waals surface area contributed by atoms with E-state index >= 15 is 0 Å². The van der Waals surface area contributed by atoms with E-state index < -0.39 is 0 Å². The molecule has 1 aliphatic carbocycles. The van der Waals surface area contributed by atoms with Crippen LogP contribution in [0.4, 0.5) is 0 Å². The molecule has 0 radical (unpaired) electrons. The molecule has 3 nitrogen and oxygen atoms in total. The van der Waals surface area contributed by atoms with Crippen LogP contribution in [0.2, 0.25) is 0 Å². The molecule has 2 aliphatic rings. The smallest absolute Gasteiger partial charge is 0.0710 e. The van der Waals surface area contributed by atoms with Crippen molar-refractivity contribution >= 4 is 0 Å². The number of hydrogen-bond acceptors (Lipinski definition) is 3. The second-order valence-corrected chi connectivity index (χ2v) is 7.09. The van der Waals surface area contributed by atoms with Crippen molar-refractivity contribution in [3.63, 3.8) is 0 Å². The Morgan fingerprint density at radius 1 is 1.25 bits per heavy atom. The number of methoxy groups -OCH3 is 1. The van der Waals surface area contributed by atoms with Crippen LogP contribution in [0.25, 0.3) is 0 Å². The van der Waals surface area contributed by atoms with Crippen molar-refractivity contribution in [2.75, 3.05) is 26.7 Å². The Balaban J connectivity index is 1.97. The summed E-state index contributed by atoms with van der Waals surface area (Å²) in [5.74, 6) is 1.73. The van der Waals surface area contributed by atoms with E-state index in [1.807, 2.05) is 7.11 Å². The first kappa shape index (κ1) is 16.3.